The third kappa shape index (κ3) is 3.48. The van der Waals surface area contributed by atoms with Gasteiger partial charge in [0, 0.05) is 37.0 Å². The minimum Gasteiger partial charge on any atom is -0.381 e. The van der Waals surface area contributed by atoms with Gasteiger partial charge in [0.1, 0.15) is 5.82 Å². The van der Waals surface area contributed by atoms with Gasteiger partial charge in [-0.15, -0.1) is 0 Å². The Hall–Kier alpha value is -0.610. The van der Waals surface area contributed by atoms with Gasteiger partial charge in [0.15, 0.2) is 0 Å². The summed E-state index contributed by atoms with van der Waals surface area (Å²) in [7, 11) is 0. The maximum absolute atomic E-state index is 13.9. The van der Waals surface area contributed by atoms with E-state index >= 15 is 0 Å². The molecule has 0 saturated carbocycles. The molecule has 2 nitrogen and oxygen atoms in total. The molecule has 0 aliphatic carbocycles. The summed E-state index contributed by atoms with van der Waals surface area (Å²) in [5, 5.41) is 0.939. The number of rotatable bonds is 5. The lowest BCUT2D eigenvalue weighted by Crippen LogP contribution is -2.43. The molecule has 1 fully saturated rings. The van der Waals surface area contributed by atoms with E-state index in [2.05, 4.69) is 27.8 Å². The maximum atomic E-state index is 13.9. The van der Waals surface area contributed by atoms with E-state index in [1.807, 2.05) is 12.1 Å². The lowest BCUT2D eigenvalue weighted by atomic mass is 9.81. The Balaban J connectivity index is 2.16. The molecule has 1 saturated heterocycles. The average Bonchev–Trinajstić information content (AvgIpc) is 2.47. The molecule has 106 valence electrons. The van der Waals surface area contributed by atoms with Crippen LogP contribution >= 0.6 is 15.9 Å². The second-order valence-corrected chi connectivity index (χ2v) is 5.77. The van der Waals surface area contributed by atoms with E-state index in [1.54, 1.807) is 6.07 Å². The first-order valence-corrected chi connectivity index (χ1v) is 7.96. The third-order valence-electron chi connectivity index (χ3n) is 3.94. The van der Waals surface area contributed by atoms with Crippen molar-refractivity contribution in [2.24, 2.45) is 5.41 Å². The van der Waals surface area contributed by atoms with Crippen molar-refractivity contribution in [1.29, 1.82) is 0 Å². The molecule has 0 bridgehead atoms. The zero-order valence-electron chi connectivity index (χ0n) is 11.4. The van der Waals surface area contributed by atoms with Gasteiger partial charge in [-0.25, -0.2) is 4.39 Å². The molecule has 1 heterocycles. The van der Waals surface area contributed by atoms with Gasteiger partial charge >= 0.3 is 0 Å². The molecule has 1 aromatic carbocycles. The highest BCUT2D eigenvalue weighted by molar-refractivity contribution is 9.09. The van der Waals surface area contributed by atoms with Crippen LogP contribution in [0.5, 0.6) is 0 Å². The van der Waals surface area contributed by atoms with Gasteiger partial charge in [-0.3, -0.25) is 0 Å². The van der Waals surface area contributed by atoms with Gasteiger partial charge in [0.2, 0.25) is 0 Å². The highest BCUT2D eigenvalue weighted by Crippen LogP contribution is 2.35. The molecule has 4 heteroatoms. The Bertz CT molecular complexity index is 407. The van der Waals surface area contributed by atoms with E-state index in [1.165, 1.54) is 6.07 Å². The lowest BCUT2D eigenvalue weighted by Gasteiger charge is -2.40. The molecule has 19 heavy (non-hydrogen) atoms. The Morgan fingerprint density at radius 1 is 1.32 bits per heavy atom. The van der Waals surface area contributed by atoms with Crippen molar-refractivity contribution in [2.45, 2.75) is 19.8 Å². The molecule has 1 aliphatic rings. The van der Waals surface area contributed by atoms with Gasteiger partial charge in [0.25, 0.3) is 0 Å². The van der Waals surface area contributed by atoms with Crippen molar-refractivity contribution in [3.05, 3.63) is 30.1 Å². The number of alkyl halides is 1. The number of hydrogen-bond donors (Lipinski definition) is 0. The van der Waals surface area contributed by atoms with Crippen LogP contribution in [0.4, 0.5) is 10.1 Å². The maximum Gasteiger partial charge on any atom is 0.146 e. The molecule has 2 rings (SSSR count). The van der Waals surface area contributed by atoms with Crippen LogP contribution < -0.4 is 4.90 Å². The number of halogens is 2. The summed E-state index contributed by atoms with van der Waals surface area (Å²) in [6.07, 6.45) is 2.06. The average molecular weight is 330 g/mol. The lowest BCUT2D eigenvalue weighted by molar-refractivity contribution is 0.0300. The first kappa shape index (κ1) is 14.8. The summed E-state index contributed by atoms with van der Waals surface area (Å²) in [4.78, 5) is 2.14. The summed E-state index contributed by atoms with van der Waals surface area (Å²) in [5.74, 6) is -0.138. The zero-order valence-corrected chi connectivity index (χ0v) is 13.0. The van der Waals surface area contributed by atoms with Crippen LogP contribution in [-0.4, -0.2) is 31.6 Å². The second-order valence-electron chi connectivity index (χ2n) is 5.21. The number of nitrogens with zero attached hydrogens (tertiary/aromatic N) is 1. The minimum absolute atomic E-state index is 0.138. The van der Waals surface area contributed by atoms with Crippen molar-refractivity contribution in [3.8, 4) is 0 Å². The first-order valence-electron chi connectivity index (χ1n) is 6.84. The molecule has 0 radical (unpaired) electrons. The monoisotopic (exact) mass is 329 g/mol. The van der Waals surface area contributed by atoms with Crippen molar-refractivity contribution >= 4 is 21.6 Å². The summed E-state index contributed by atoms with van der Waals surface area (Å²) in [6, 6.07) is 7.02. The molecule has 0 N–H and O–H groups in total. The van der Waals surface area contributed by atoms with Gasteiger partial charge in [-0.1, -0.05) is 28.1 Å². The number of benzene rings is 1. The van der Waals surface area contributed by atoms with E-state index in [-0.39, 0.29) is 11.2 Å². The fraction of sp³-hybridized carbons (Fsp3) is 0.600. The largest absolute Gasteiger partial charge is 0.381 e. The van der Waals surface area contributed by atoms with Crippen molar-refractivity contribution < 1.29 is 9.13 Å². The van der Waals surface area contributed by atoms with Gasteiger partial charge in [0.05, 0.1) is 5.69 Å². The SMILES string of the molecule is CCN(CC1(CBr)CCOCC1)c1ccccc1F. The van der Waals surface area contributed by atoms with Crippen LogP contribution in [-0.2, 0) is 4.74 Å². The molecular weight excluding hydrogens is 309 g/mol. The second kappa shape index (κ2) is 6.71. The predicted octanol–water partition coefficient (Wildman–Crippen LogP) is 3.84. The van der Waals surface area contributed by atoms with E-state index in [9.17, 15) is 4.39 Å². The van der Waals surface area contributed by atoms with Crippen LogP contribution in [0.2, 0.25) is 0 Å². The number of ether oxygens (including phenoxy) is 1. The normalized spacial score (nSPS) is 18.3. The molecule has 1 aromatic rings. The molecule has 1 aliphatic heterocycles. The van der Waals surface area contributed by atoms with Crippen LogP contribution in [0.3, 0.4) is 0 Å². The minimum atomic E-state index is -0.138. The standard InChI is InChI=1S/C15H21BrFNO/c1-2-18(14-6-4-3-5-13(14)17)12-15(11-16)7-9-19-10-8-15/h3-6H,2,7-12H2,1H3. The number of para-hydroxylation sites is 1. The zero-order chi connectivity index (χ0) is 13.7. The van der Waals surface area contributed by atoms with Crippen LogP contribution in [0, 0.1) is 11.2 Å². The highest BCUT2D eigenvalue weighted by Gasteiger charge is 2.33. The molecule has 0 amide bonds. The van der Waals surface area contributed by atoms with Crippen molar-refractivity contribution in [2.75, 3.05) is 36.5 Å². The first-order chi connectivity index (χ1) is 9.21. The molecule has 0 aromatic heterocycles. The Labute approximate surface area is 123 Å². The van der Waals surface area contributed by atoms with Gasteiger partial charge in [-0.05, 0) is 31.9 Å². The van der Waals surface area contributed by atoms with Crippen molar-refractivity contribution in [3.63, 3.8) is 0 Å². The van der Waals surface area contributed by atoms with Crippen molar-refractivity contribution in [1.82, 2.24) is 0 Å². The highest BCUT2D eigenvalue weighted by atomic mass is 79.9. The number of anilines is 1. The van der Waals surface area contributed by atoms with E-state index in [0.29, 0.717) is 5.69 Å². The smallest absolute Gasteiger partial charge is 0.146 e. The fourth-order valence-electron chi connectivity index (χ4n) is 2.62. The summed E-state index contributed by atoms with van der Waals surface area (Å²) in [5.41, 5.74) is 0.896. The summed E-state index contributed by atoms with van der Waals surface area (Å²) >= 11 is 3.64. The topological polar surface area (TPSA) is 12.5 Å². The quantitative estimate of drug-likeness (QED) is 0.761. The van der Waals surface area contributed by atoms with Crippen LogP contribution in [0.1, 0.15) is 19.8 Å². The summed E-state index contributed by atoms with van der Waals surface area (Å²) in [6.45, 7) is 5.38. The predicted molar refractivity (Wildman–Crippen MR) is 80.6 cm³/mol. The Morgan fingerprint density at radius 2 is 2.00 bits per heavy atom. The van der Waals surface area contributed by atoms with Crippen LogP contribution in [0.15, 0.2) is 24.3 Å². The molecule has 0 spiro atoms. The Kier molecular flexibility index (Phi) is 5.22. The molecular formula is C15H21BrFNO. The van der Waals surface area contributed by atoms with Gasteiger partial charge in [-0.2, -0.15) is 0 Å². The summed E-state index contributed by atoms with van der Waals surface area (Å²) < 4.78 is 19.4. The fourth-order valence-corrected chi connectivity index (χ4v) is 3.36. The van der Waals surface area contributed by atoms with Crippen LogP contribution in [0.25, 0.3) is 0 Å². The Morgan fingerprint density at radius 3 is 2.58 bits per heavy atom. The third-order valence-corrected chi connectivity index (χ3v) is 5.13. The molecule has 0 atom stereocenters. The van der Waals surface area contributed by atoms with Gasteiger partial charge < -0.3 is 9.64 Å². The van der Waals surface area contributed by atoms with E-state index in [4.69, 9.17) is 4.74 Å². The number of hydrogen-bond acceptors (Lipinski definition) is 2. The molecule has 0 unspecified atom stereocenters. The van der Waals surface area contributed by atoms with E-state index < -0.39 is 0 Å². The van der Waals surface area contributed by atoms with E-state index in [0.717, 1.165) is 44.5 Å².